The lowest BCUT2D eigenvalue weighted by molar-refractivity contribution is -0.121. The summed E-state index contributed by atoms with van der Waals surface area (Å²) in [6, 6.07) is 15.4. The van der Waals surface area contributed by atoms with Crippen molar-refractivity contribution in [1.82, 2.24) is 10.9 Å². The molecule has 28 heavy (non-hydrogen) atoms. The van der Waals surface area contributed by atoms with E-state index < -0.39 is 5.91 Å². The molecule has 0 aliphatic carbocycles. The number of furan rings is 1. The second kappa shape index (κ2) is 9.05. The van der Waals surface area contributed by atoms with Crippen LogP contribution < -0.4 is 15.6 Å². The van der Waals surface area contributed by atoms with Crippen molar-refractivity contribution in [3.05, 3.63) is 88.6 Å². The standard InChI is InChI=1S/C20H16ClFN2O4/c21-14-3-1-13(2-4-14)11-19(25)23-24-20(26)18-10-9-17(28-18)12-27-16-7-5-15(22)6-8-16/h1-10H,11-12H2,(H,23,25)(H,24,26). The number of benzene rings is 2. The average molecular weight is 403 g/mol. The van der Waals surface area contributed by atoms with Crippen molar-refractivity contribution in [3.8, 4) is 5.75 Å². The summed E-state index contributed by atoms with van der Waals surface area (Å²) >= 11 is 5.79. The number of amides is 2. The van der Waals surface area contributed by atoms with Crippen molar-refractivity contribution < 1.29 is 23.1 Å². The lowest BCUT2D eigenvalue weighted by Crippen LogP contribution is -2.42. The lowest BCUT2D eigenvalue weighted by atomic mass is 10.1. The molecule has 0 aliphatic rings. The predicted octanol–water partition coefficient (Wildman–Crippen LogP) is 3.65. The van der Waals surface area contributed by atoms with Gasteiger partial charge in [-0.3, -0.25) is 20.4 Å². The van der Waals surface area contributed by atoms with Crippen LogP contribution in [0.4, 0.5) is 4.39 Å². The first-order valence-electron chi connectivity index (χ1n) is 8.30. The Morgan fingerprint density at radius 1 is 0.964 bits per heavy atom. The van der Waals surface area contributed by atoms with Gasteiger partial charge < -0.3 is 9.15 Å². The van der Waals surface area contributed by atoms with E-state index in [1.54, 1.807) is 30.3 Å². The molecule has 3 aromatic rings. The van der Waals surface area contributed by atoms with Crippen molar-refractivity contribution in [2.24, 2.45) is 0 Å². The van der Waals surface area contributed by atoms with Gasteiger partial charge in [-0.05, 0) is 54.1 Å². The molecule has 0 spiro atoms. The Bertz CT molecular complexity index is 955. The first-order chi connectivity index (χ1) is 13.5. The fourth-order valence-corrected chi connectivity index (χ4v) is 2.41. The fourth-order valence-electron chi connectivity index (χ4n) is 2.28. The maximum Gasteiger partial charge on any atom is 0.305 e. The molecule has 0 saturated heterocycles. The van der Waals surface area contributed by atoms with Gasteiger partial charge in [0.2, 0.25) is 5.91 Å². The average Bonchev–Trinajstić information content (AvgIpc) is 3.17. The molecule has 0 fully saturated rings. The molecule has 2 aromatic carbocycles. The zero-order valence-corrected chi connectivity index (χ0v) is 15.3. The third-order valence-electron chi connectivity index (χ3n) is 3.67. The Morgan fingerprint density at radius 2 is 1.68 bits per heavy atom. The Hall–Kier alpha value is -3.32. The number of hydrazine groups is 1. The summed E-state index contributed by atoms with van der Waals surface area (Å²) in [5.41, 5.74) is 5.36. The number of halogens is 2. The van der Waals surface area contributed by atoms with Crippen LogP contribution in [0.5, 0.6) is 5.75 Å². The van der Waals surface area contributed by atoms with Gasteiger partial charge in [-0.2, -0.15) is 0 Å². The summed E-state index contributed by atoms with van der Waals surface area (Å²) in [5, 5.41) is 0.578. The van der Waals surface area contributed by atoms with Gasteiger partial charge >= 0.3 is 5.91 Å². The highest BCUT2D eigenvalue weighted by molar-refractivity contribution is 6.30. The smallest absolute Gasteiger partial charge is 0.305 e. The van der Waals surface area contributed by atoms with Gasteiger partial charge in [0.15, 0.2) is 5.76 Å². The quantitative estimate of drug-likeness (QED) is 0.617. The molecule has 144 valence electrons. The molecule has 3 rings (SSSR count). The second-order valence-electron chi connectivity index (χ2n) is 5.81. The number of rotatable bonds is 6. The highest BCUT2D eigenvalue weighted by Gasteiger charge is 2.13. The fraction of sp³-hybridized carbons (Fsp3) is 0.100. The van der Waals surface area contributed by atoms with Gasteiger partial charge in [-0.15, -0.1) is 0 Å². The molecule has 0 saturated carbocycles. The topological polar surface area (TPSA) is 80.6 Å². The van der Waals surface area contributed by atoms with Crippen LogP contribution in [0.2, 0.25) is 5.02 Å². The molecule has 1 heterocycles. The molecule has 0 atom stereocenters. The molecule has 0 aliphatic heterocycles. The first kappa shape index (κ1) is 19.4. The normalized spacial score (nSPS) is 10.4. The Kier molecular flexibility index (Phi) is 6.29. The lowest BCUT2D eigenvalue weighted by Gasteiger charge is -2.06. The van der Waals surface area contributed by atoms with E-state index in [-0.39, 0.29) is 30.5 Å². The Morgan fingerprint density at radius 3 is 2.39 bits per heavy atom. The van der Waals surface area contributed by atoms with Crippen LogP contribution in [0.15, 0.2) is 65.1 Å². The highest BCUT2D eigenvalue weighted by atomic mass is 35.5. The SMILES string of the molecule is O=C(Cc1ccc(Cl)cc1)NNC(=O)c1ccc(COc2ccc(F)cc2)o1. The number of ether oxygens (including phenoxy) is 1. The highest BCUT2D eigenvalue weighted by Crippen LogP contribution is 2.15. The van der Waals surface area contributed by atoms with Crippen LogP contribution >= 0.6 is 11.6 Å². The summed E-state index contributed by atoms with van der Waals surface area (Å²) in [6.45, 7) is 0.0713. The Balaban J connectivity index is 1.46. The van der Waals surface area contributed by atoms with Crippen LogP contribution in [0.25, 0.3) is 0 Å². The number of hydrogen-bond donors (Lipinski definition) is 2. The summed E-state index contributed by atoms with van der Waals surface area (Å²) in [4.78, 5) is 23.9. The van der Waals surface area contributed by atoms with Crippen LogP contribution in [-0.2, 0) is 17.8 Å². The maximum absolute atomic E-state index is 12.9. The zero-order chi connectivity index (χ0) is 19.9. The Labute approximate surface area is 165 Å². The van der Waals surface area contributed by atoms with Gasteiger partial charge in [0.25, 0.3) is 0 Å². The van der Waals surface area contributed by atoms with Crippen molar-refractivity contribution >= 4 is 23.4 Å². The third kappa shape index (κ3) is 5.59. The van der Waals surface area contributed by atoms with Crippen molar-refractivity contribution in [3.63, 3.8) is 0 Å². The molecule has 0 bridgehead atoms. The number of nitrogens with one attached hydrogen (secondary N) is 2. The molecule has 2 amide bonds. The van der Waals surface area contributed by atoms with Crippen LogP contribution in [0.3, 0.4) is 0 Å². The monoisotopic (exact) mass is 402 g/mol. The third-order valence-corrected chi connectivity index (χ3v) is 3.93. The van der Waals surface area contributed by atoms with E-state index in [4.69, 9.17) is 20.8 Å². The maximum atomic E-state index is 12.9. The van der Waals surface area contributed by atoms with Gasteiger partial charge in [-0.1, -0.05) is 23.7 Å². The minimum Gasteiger partial charge on any atom is -0.486 e. The van der Waals surface area contributed by atoms with Crippen LogP contribution in [-0.4, -0.2) is 11.8 Å². The number of carbonyl (C=O) groups excluding carboxylic acids is 2. The molecule has 0 unspecified atom stereocenters. The van der Waals surface area contributed by atoms with E-state index in [0.29, 0.717) is 16.5 Å². The van der Waals surface area contributed by atoms with E-state index in [1.807, 2.05) is 0 Å². The van der Waals surface area contributed by atoms with Crippen molar-refractivity contribution in [2.75, 3.05) is 0 Å². The van der Waals surface area contributed by atoms with Crippen LogP contribution in [0.1, 0.15) is 21.9 Å². The van der Waals surface area contributed by atoms with Crippen molar-refractivity contribution in [2.45, 2.75) is 13.0 Å². The van der Waals surface area contributed by atoms with Crippen molar-refractivity contribution in [1.29, 1.82) is 0 Å². The van der Waals surface area contributed by atoms with Gasteiger partial charge in [0.05, 0.1) is 6.42 Å². The summed E-state index contributed by atoms with van der Waals surface area (Å²) in [5.74, 6) is -0.452. The summed E-state index contributed by atoms with van der Waals surface area (Å²) < 4.78 is 23.7. The second-order valence-corrected chi connectivity index (χ2v) is 6.25. The van der Waals surface area contributed by atoms with E-state index in [9.17, 15) is 14.0 Å². The first-order valence-corrected chi connectivity index (χ1v) is 8.68. The van der Waals surface area contributed by atoms with E-state index in [0.717, 1.165) is 5.56 Å². The van der Waals surface area contributed by atoms with E-state index in [1.165, 1.54) is 30.3 Å². The number of carbonyl (C=O) groups is 2. The molecule has 6 nitrogen and oxygen atoms in total. The molecule has 2 N–H and O–H groups in total. The zero-order valence-electron chi connectivity index (χ0n) is 14.6. The minimum atomic E-state index is -0.600. The van der Waals surface area contributed by atoms with E-state index >= 15 is 0 Å². The predicted molar refractivity (Wildman–Crippen MR) is 100 cm³/mol. The van der Waals surface area contributed by atoms with Gasteiger partial charge in [0, 0.05) is 5.02 Å². The van der Waals surface area contributed by atoms with Gasteiger partial charge in [0.1, 0.15) is 23.9 Å². The molecule has 1 aromatic heterocycles. The molecule has 0 radical (unpaired) electrons. The van der Waals surface area contributed by atoms with Crippen LogP contribution in [0, 0.1) is 5.82 Å². The van der Waals surface area contributed by atoms with E-state index in [2.05, 4.69) is 10.9 Å². The molecular formula is C20H16ClFN2O4. The molecule has 8 heteroatoms. The summed E-state index contributed by atoms with van der Waals surface area (Å²) in [7, 11) is 0. The largest absolute Gasteiger partial charge is 0.486 e. The summed E-state index contributed by atoms with van der Waals surface area (Å²) in [6.07, 6.45) is 0.0896. The minimum absolute atomic E-state index is 0.0181. The van der Waals surface area contributed by atoms with Gasteiger partial charge in [-0.25, -0.2) is 4.39 Å². The number of hydrogen-bond acceptors (Lipinski definition) is 4. The molecular weight excluding hydrogens is 387 g/mol.